The summed E-state index contributed by atoms with van der Waals surface area (Å²) in [5, 5.41) is 4.43. The van der Waals surface area contributed by atoms with Crippen molar-refractivity contribution in [3.8, 4) is 0 Å². The molecule has 0 saturated heterocycles. The van der Waals surface area contributed by atoms with Gasteiger partial charge in [-0.25, -0.2) is 0 Å². The maximum Gasteiger partial charge on any atom is 0.316 e. The van der Waals surface area contributed by atoms with Crippen LogP contribution < -0.4 is 21.7 Å². The summed E-state index contributed by atoms with van der Waals surface area (Å²) in [7, 11) is 0. The largest absolute Gasteiger partial charge is 1.00 e. The van der Waals surface area contributed by atoms with Crippen LogP contribution in [0.2, 0.25) is 0 Å². The topological polar surface area (TPSA) is 42.5 Å². The van der Waals surface area contributed by atoms with Crippen LogP contribution in [-0.2, 0) is 9.53 Å². The molecule has 0 unspecified atom stereocenters. The fourth-order valence-corrected chi connectivity index (χ4v) is 2.84. The molecule has 0 aliphatic heterocycles. The number of aromatic nitrogens is 1. The van der Waals surface area contributed by atoms with Crippen LogP contribution in [0.15, 0.2) is 35.7 Å². The van der Waals surface area contributed by atoms with Gasteiger partial charge in [0.1, 0.15) is 0 Å². The Morgan fingerprint density at radius 2 is 1.89 bits per heavy atom. The van der Waals surface area contributed by atoms with Crippen molar-refractivity contribution in [3.63, 3.8) is 0 Å². The minimum absolute atomic E-state index is 0. The summed E-state index contributed by atoms with van der Waals surface area (Å²) in [6.07, 6.45) is 3.72. The second-order valence-corrected chi connectivity index (χ2v) is 5.62. The van der Waals surface area contributed by atoms with Crippen molar-refractivity contribution in [2.75, 3.05) is 18.1 Å². The maximum absolute atomic E-state index is 11.3. The number of thioether (sulfide) groups is 2. The zero-order valence-electron chi connectivity index (χ0n) is 10.9. The molecule has 0 fully saturated rings. The molecule has 1 rings (SSSR count). The lowest BCUT2D eigenvalue weighted by atomic mass is 10.5. The summed E-state index contributed by atoms with van der Waals surface area (Å²) < 4.78 is 7.48. The summed E-state index contributed by atoms with van der Waals surface area (Å²) in [5.74, 6) is 1.01. The summed E-state index contributed by atoms with van der Waals surface area (Å²) in [6.45, 7) is 4.28. The Morgan fingerprint density at radius 3 is 2.47 bits per heavy atom. The Morgan fingerprint density at radius 1 is 1.21 bits per heavy atom. The Bertz CT molecular complexity index is 402. The Labute approximate surface area is 132 Å². The van der Waals surface area contributed by atoms with E-state index >= 15 is 0 Å². The third kappa shape index (κ3) is 8.28. The van der Waals surface area contributed by atoms with Crippen molar-refractivity contribution in [3.05, 3.63) is 30.6 Å². The standard InChI is InChI=1S/C12H17N2O2S2.BrH/c1-3-16-11(15)10-18-12(17-4-2)13-14-8-6-5-7-9-14;/h5-9H,3-4,10H2,1-2H3;1H/q+1;/p-1/b13-12-;. The molecule has 1 heterocycles. The van der Waals surface area contributed by atoms with E-state index in [9.17, 15) is 4.79 Å². The van der Waals surface area contributed by atoms with Crippen LogP contribution in [0.4, 0.5) is 0 Å². The number of esters is 1. The van der Waals surface area contributed by atoms with Gasteiger partial charge in [-0.3, -0.25) is 4.79 Å². The average molecular weight is 365 g/mol. The van der Waals surface area contributed by atoms with E-state index in [0.29, 0.717) is 12.4 Å². The van der Waals surface area contributed by atoms with Gasteiger partial charge in [0.05, 0.1) is 12.4 Å². The number of carbonyl (C=O) groups is 1. The first-order valence-corrected chi connectivity index (χ1v) is 7.69. The summed E-state index contributed by atoms with van der Waals surface area (Å²) in [4.78, 5) is 11.3. The number of nitrogens with zero attached hydrogens (tertiary/aromatic N) is 2. The Kier molecular flexibility index (Phi) is 11.0. The van der Waals surface area contributed by atoms with Gasteiger partial charge in [-0.15, -0.1) is 0 Å². The normalized spacial score (nSPS) is 10.7. The monoisotopic (exact) mass is 364 g/mol. The minimum atomic E-state index is -0.204. The number of hydrogen-bond acceptors (Lipinski definition) is 5. The van der Waals surface area contributed by atoms with E-state index in [1.54, 1.807) is 23.4 Å². The van der Waals surface area contributed by atoms with E-state index in [1.807, 2.05) is 30.6 Å². The first kappa shape index (κ1) is 18.5. The second-order valence-electron chi connectivity index (χ2n) is 3.15. The highest BCUT2D eigenvalue weighted by Crippen LogP contribution is 2.16. The molecule has 0 bridgehead atoms. The highest BCUT2D eigenvalue weighted by Gasteiger charge is 2.10. The zero-order chi connectivity index (χ0) is 13.2. The fourth-order valence-electron chi connectivity index (χ4n) is 1.10. The van der Waals surface area contributed by atoms with E-state index in [4.69, 9.17) is 4.74 Å². The molecule has 106 valence electrons. The molecule has 1 aromatic heterocycles. The van der Waals surface area contributed by atoms with E-state index < -0.39 is 0 Å². The van der Waals surface area contributed by atoms with Crippen LogP contribution in [0.5, 0.6) is 0 Å². The third-order valence-corrected chi connectivity index (χ3v) is 3.82. The van der Waals surface area contributed by atoms with Crippen molar-refractivity contribution in [1.82, 2.24) is 0 Å². The predicted molar refractivity (Wildman–Crippen MR) is 76.7 cm³/mol. The Hall–Kier alpha value is -0.530. The van der Waals surface area contributed by atoms with Gasteiger partial charge in [0.25, 0.3) is 0 Å². The van der Waals surface area contributed by atoms with Crippen molar-refractivity contribution >= 4 is 33.9 Å². The molecule has 0 aliphatic rings. The molecule has 1 aromatic rings. The predicted octanol–water partition coefficient (Wildman–Crippen LogP) is -0.853. The molecular weight excluding hydrogens is 348 g/mol. The lowest BCUT2D eigenvalue weighted by Crippen LogP contribution is -3.00. The maximum atomic E-state index is 11.3. The Balaban J connectivity index is 0.00000324. The number of hydrogen-bond donors (Lipinski definition) is 0. The van der Waals surface area contributed by atoms with Crippen LogP contribution in [-0.4, -0.2) is 28.5 Å². The lowest BCUT2D eigenvalue weighted by Gasteiger charge is -2.01. The molecule has 0 aliphatic carbocycles. The van der Waals surface area contributed by atoms with Crippen molar-refractivity contribution < 1.29 is 31.2 Å². The van der Waals surface area contributed by atoms with Gasteiger partial charge in [0.15, 0.2) is 4.38 Å². The van der Waals surface area contributed by atoms with Crippen molar-refractivity contribution in [1.29, 1.82) is 0 Å². The molecule has 0 atom stereocenters. The zero-order valence-corrected chi connectivity index (χ0v) is 14.1. The van der Waals surface area contributed by atoms with Crippen molar-refractivity contribution in [2.24, 2.45) is 5.10 Å². The van der Waals surface area contributed by atoms with E-state index in [1.165, 1.54) is 11.8 Å². The first-order chi connectivity index (χ1) is 8.76. The van der Waals surface area contributed by atoms with Gasteiger partial charge in [0, 0.05) is 17.2 Å². The molecule has 4 nitrogen and oxygen atoms in total. The second kappa shape index (κ2) is 11.3. The van der Waals surface area contributed by atoms with Crippen LogP contribution >= 0.6 is 23.5 Å². The van der Waals surface area contributed by atoms with Gasteiger partial charge in [-0.1, -0.05) is 41.2 Å². The molecule has 0 saturated carbocycles. The van der Waals surface area contributed by atoms with Crippen molar-refractivity contribution in [2.45, 2.75) is 13.8 Å². The van der Waals surface area contributed by atoms with Crippen LogP contribution in [0, 0.1) is 0 Å². The van der Waals surface area contributed by atoms with E-state index in [2.05, 4.69) is 12.0 Å². The van der Waals surface area contributed by atoms with Crippen LogP contribution in [0.25, 0.3) is 0 Å². The number of halogens is 1. The SMILES string of the molecule is CCOC(=O)CS/C(=N\[n+]1ccccc1)SCC.[Br-]. The molecule has 0 N–H and O–H groups in total. The summed E-state index contributed by atoms with van der Waals surface area (Å²) in [5.41, 5.74) is 0. The quantitative estimate of drug-likeness (QED) is 0.295. The number of ether oxygens (including phenoxy) is 1. The molecule has 0 spiro atoms. The summed E-state index contributed by atoms with van der Waals surface area (Å²) in [6, 6.07) is 5.76. The highest BCUT2D eigenvalue weighted by molar-refractivity contribution is 8.39. The number of rotatable bonds is 5. The van der Waals surface area contributed by atoms with E-state index in [-0.39, 0.29) is 23.0 Å². The summed E-state index contributed by atoms with van der Waals surface area (Å²) >= 11 is 3.02. The minimum Gasteiger partial charge on any atom is -1.00 e. The smallest absolute Gasteiger partial charge is 0.316 e. The lowest BCUT2D eigenvalue weighted by molar-refractivity contribution is -0.678. The molecule has 0 aromatic carbocycles. The van der Waals surface area contributed by atoms with Gasteiger partial charge in [0.2, 0.25) is 12.4 Å². The number of carbonyl (C=O) groups excluding carboxylic acids is 1. The first-order valence-electron chi connectivity index (χ1n) is 5.72. The molecule has 7 heteroatoms. The number of pyridine rings is 1. The van der Waals surface area contributed by atoms with Gasteiger partial charge in [-0.2, -0.15) is 0 Å². The highest BCUT2D eigenvalue weighted by atomic mass is 79.9. The molecular formula is C12H17BrN2O2S2. The third-order valence-electron chi connectivity index (χ3n) is 1.78. The van der Waals surface area contributed by atoms with Crippen LogP contribution in [0.3, 0.4) is 0 Å². The van der Waals surface area contributed by atoms with Gasteiger partial charge >= 0.3 is 5.97 Å². The molecule has 0 radical (unpaired) electrons. The van der Waals surface area contributed by atoms with E-state index in [0.717, 1.165) is 10.1 Å². The van der Waals surface area contributed by atoms with Crippen LogP contribution in [0.1, 0.15) is 13.8 Å². The molecule has 19 heavy (non-hydrogen) atoms. The molecule has 0 amide bonds. The van der Waals surface area contributed by atoms with Gasteiger partial charge < -0.3 is 21.7 Å². The fraction of sp³-hybridized carbons (Fsp3) is 0.417. The average Bonchev–Trinajstić information content (AvgIpc) is 2.38. The van der Waals surface area contributed by atoms with Gasteiger partial charge in [-0.05, 0) is 12.7 Å².